The van der Waals surface area contributed by atoms with E-state index in [9.17, 15) is 9.59 Å². The minimum absolute atomic E-state index is 0.140. The number of carbonyl (C=O) groups is 2. The molecule has 0 heterocycles. The first-order valence-electron chi connectivity index (χ1n) is 12.7. The number of hydrogen-bond acceptors (Lipinski definition) is 7. The molecule has 0 radical (unpaired) electrons. The second kappa shape index (κ2) is 12.3. The quantitative estimate of drug-likeness (QED) is 0.279. The van der Waals surface area contributed by atoms with Crippen molar-refractivity contribution in [1.82, 2.24) is 0 Å². The molecule has 2 aliphatic rings. The van der Waals surface area contributed by atoms with Crippen molar-refractivity contribution in [3.8, 4) is 17.2 Å². The number of hydrogen-bond donors (Lipinski definition) is 0. The SMILES string of the molecule is CCCOc1cc(OC(=O)OC2CCCCC2)c2cc(Cl)ccc2c1OC(=O)OC1CCCCC1. The molecule has 35 heavy (non-hydrogen) atoms. The highest BCUT2D eigenvalue weighted by atomic mass is 35.5. The normalized spacial score (nSPS) is 17.1. The molecule has 2 saturated carbocycles. The molecule has 0 amide bonds. The number of fused-ring (bicyclic) bond motifs is 1. The molecule has 8 heteroatoms. The van der Waals surface area contributed by atoms with Crippen LogP contribution in [0.25, 0.3) is 10.8 Å². The van der Waals surface area contributed by atoms with E-state index in [1.165, 1.54) is 0 Å². The third-order valence-electron chi connectivity index (χ3n) is 6.45. The predicted molar refractivity (Wildman–Crippen MR) is 133 cm³/mol. The van der Waals surface area contributed by atoms with Crippen LogP contribution in [0.15, 0.2) is 24.3 Å². The monoisotopic (exact) mass is 504 g/mol. The van der Waals surface area contributed by atoms with Gasteiger partial charge in [0.1, 0.15) is 18.0 Å². The van der Waals surface area contributed by atoms with Gasteiger partial charge in [0.15, 0.2) is 11.5 Å². The summed E-state index contributed by atoms with van der Waals surface area (Å²) in [7, 11) is 0. The Labute approximate surface area is 210 Å². The summed E-state index contributed by atoms with van der Waals surface area (Å²) in [6.45, 7) is 2.36. The third kappa shape index (κ3) is 6.94. The fourth-order valence-electron chi connectivity index (χ4n) is 4.68. The van der Waals surface area contributed by atoms with Crippen molar-refractivity contribution in [1.29, 1.82) is 0 Å². The largest absolute Gasteiger partial charge is 0.514 e. The van der Waals surface area contributed by atoms with E-state index in [-0.39, 0.29) is 29.5 Å². The van der Waals surface area contributed by atoms with E-state index in [2.05, 4.69) is 0 Å². The Morgan fingerprint density at radius 1 is 0.800 bits per heavy atom. The highest BCUT2D eigenvalue weighted by Crippen LogP contribution is 2.43. The first kappa shape index (κ1) is 25.4. The summed E-state index contributed by atoms with van der Waals surface area (Å²) >= 11 is 6.26. The zero-order chi connectivity index (χ0) is 24.6. The summed E-state index contributed by atoms with van der Waals surface area (Å²) in [5.41, 5.74) is 0. The highest BCUT2D eigenvalue weighted by molar-refractivity contribution is 6.31. The van der Waals surface area contributed by atoms with Crippen LogP contribution in [0.4, 0.5) is 9.59 Å². The standard InChI is InChI=1S/C27H33ClO7/c1-2-15-31-24-17-23(34-26(29)32-19-9-5-3-6-10-19)22-16-18(28)13-14-21(22)25(24)35-27(30)33-20-11-7-4-8-12-20/h13-14,16-17,19-20H,2-12,15H2,1H3. The first-order chi connectivity index (χ1) is 17.0. The van der Waals surface area contributed by atoms with Crippen LogP contribution < -0.4 is 14.2 Å². The molecule has 0 N–H and O–H groups in total. The first-order valence-corrected chi connectivity index (χ1v) is 13.1. The van der Waals surface area contributed by atoms with Crippen molar-refractivity contribution in [2.24, 2.45) is 0 Å². The molecular formula is C27H33ClO7. The molecule has 2 aliphatic carbocycles. The molecule has 190 valence electrons. The smallest absolute Gasteiger partial charge is 0.490 e. The average molecular weight is 505 g/mol. The van der Waals surface area contributed by atoms with Crippen molar-refractivity contribution in [3.05, 3.63) is 29.3 Å². The zero-order valence-corrected chi connectivity index (χ0v) is 20.9. The van der Waals surface area contributed by atoms with E-state index in [0.717, 1.165) is 70.6 Å². The molecule has 0 spiro atoms. The number of halogens is 1. The highest BCUT2D eigenvalue weighted by Gasteiger charge is 2.25. The zero-order valence-electron chi connectivity index (χ0n) is 20.2. The van der Waals surface area contributed by atoms with Gasteiger partial charge in [-0.25, -0.2) is 9.59 Å². The van der Waals surface area contributed by atoms with Crippen molar-refractivity contribution in [2.75, 3.05) is 6.61 Å². The minimum atomic E-state index is -0.778. The topological polar surface area (TPSA) is 80.3 Å². The maximum Gasteiger partial charge on any atom is 0.514 e. The summed E-state index contributed by atoms with van der Waals surface area (Å²) in [6.07, 6.45) is 8.69. The Kier molecular flexibility index (Phi) is 8.96. The van der Waals surface area contributed by atoms with Crippen molar-refractivity contribution < 1.29 is 33.3 Å². The predicted octanol–water partition coefficient (Wildman–Crippen LogP) is 7.98. The number of rotatable bonds is 7. The molecule has 2 aromatic rings. The van der Waals surface area contributed by atoms with Crippen molar-refractivity contribution in [3.63, 3.8) is 0 Å². The lowest BCUT2D eigenvalue weighted by Gasteiger charge is -2.23. The van der Waals surface area contributed by atoms with Crippen molar-refractivity contribution in [2.45, 2.75) is 89.8 Å². The van der Waals surface area contributed by atoms with Gasteiger partial charge in [0.2, 0.25) is 0 Å². The van der Waals surface area contributed by atoms with Crippen molar-refractivity contribution >= 4 is 34.7 Å². The van der Waals surface area contributed by atoms with E-state index in [1.807, 2.05) is 6.92 Å². The fraction of sp³-hybridized carbons (Fsp3) is 0.556. The van der Waals surface area contributed by atoms with Gasteiger partial charge in [-0.15, -0.1) is 0 Å². The lowest BCUT2D eigenvalue weighted by atomic mass is 9.98. The Morgan fingerprint density at radius 3 is 2.00 bits per heavy atom. The van der Waals surface area contributed by atoms with Crippen LogP contribution in [0, 0.1) is 0 Å². The van der Waals surface area contributed by atoms with Crippen LogP contribution >= 0.6 is 11.6 Å². The Bertz CT molecular complexity index is 1030. The van der Waals surface area contributed by atoms with Crippen LogP contribution in [-0.4, -0.2) is 31.1 Å². The fourth-order valence-corrected chi connectivity index (χ4v) is 4.85. The van der Waals surface area contributed by atoms with Crippen LogP contribution in [0.5, 0.6) is 17.2 Å². The third-order valence-corrected chi connectivity index (χ3v) is 6.68. The second-order valence-electron chi connectivity index (χ2n) is 9.20. The number of ether oxygens (including phenoxy) is 5. The lowest BCUT2D eigenvalue weighted by molar-refractivity contribution is 0.0398. The van der Waals surface area contributed by atoms with Crippen LogP contribution in [0.2, 0.25) is 5.02 Å². The summed E-state index contributed by atoms with van der Waals surface area (Å²) < 4.78 is 28.3. The van der Waals surface area contributed by atoms with Crippen LogP contribution in [0.3, 0.4) is 0 Å². The molecule has 0 aromatic heterocycles. The molecule has 0 bridgehead atoms. The molecule has 0 atom stereocenters. The van der Waals surface area contributed by atoms with Gasteiger partial charge in [-0.3, -0.25) is 0 Å². The Morgan fingerprint density at radius 2 is 1.40 bits per heavy atom. The molecule has 0 aliphatic heterocycles. The van der Waals surface area contributed by atoms with E-state index in [0.29, 0.717) is 22.4 Å². The molecule has 4 rings (SSSR count). The van der Waals surface area contributed by atoms with E-state index in [4.69, 9.17) is 35.3 Å². The van der Waals surface area contributed by atoms with Gasteiger partial charge < -0.3 is 23.7 Å². The van der Waals surface area contributed by atoms with Crippen LogP contribution in [0.1, 0.15) is 77.6 Å². The van der Waals surface area contributed by atoms with E-state index >= 15 is 0 Å². The Balaban J connectivity index is 1.61. The summed E-state index contributed by atoms with van der Waals surface area (Å²) in [6, 6.07) is 6.58. The van der Waals surface area contributed by atoms with Gasteiger partial charge in [0.25, 0.3) is 0 Å². The minimum Gasteiger partial charge on any atom is -0.490 e. The van der Waals surface area contributed by atoms with Gasteiger partial charge >= 0.3 is 12.3 Å². The summed E-state index contributed by atoms with van der Waals surface area (Å²) in [5.74, 6) is 0.712. The Hall–Kier alpha value is -2.67. The summed E-state index contributed by atoms with van der Waals surface area (Å²) in [5, 5.41) is 1.47. The number of benzene rings is 2. The molecular weight excluding hydrogens is 472 g/mol. The van der Waals surface area contributed by atoms with E-state index in [1.54, 1.807) is 24.3 Å². The van der Waals surface area contributed by atoms with Crippen LogP contribution in [-0.2, 0) is 9.47 Å². The summed E-state index contributed by atoms with van der Waals surface area (Å²) in [4.78, 5) is 25.3. The maximum atomic E-state index is 12.7. The van der Waals surface area contributed by atoms with Gasteiger partial charge in [0, 0.05) is 21.9 Å². The average Bonchev–Trinajstić information content (AvgIpc) is 2.85. The van der Waals surface area contributed by atoms with Gasteiger partial charge in [0.05, 0.1) is 6.61 Å². The number of carbonyl (C=O) groups excluding carboxylic acids is 2. The van der Waals surface area contributed by atoms with Gasteiger partial charge in [-0.1, -0.05) is 31.4 Å². The lowest BCUT2D eigenvalue weighted by Crippen LogP contribution is -2.23. The van der Waals surface area contributed by atoms with Gasteiger partial charge in [-0.05, 0) is 76.0 Å². The molecule has 0 saturated heterocycles. The molecule has 7 nitrogen and oxygen atoms in total. The molecule has 2 aromatic carbocycles. The molecule has 0 unspecified atom stereocenters. The second-order valence-corrected chi connectivity index (χ2v) is 9.64. The maximum absolute atomic E-state index is 12.7. The van der Waals surface area contributed by atoms with Gasteiger partial charge in [-0.2, -0.15) is 0 Å². The molecule has 2 fully saturated rings. The van der Waals surface area contributed by atoms with E-state index < -0.39 is 12.3 Å².